The van der Waals surface area contributed by atoms with Crippen LogP contribution in [-0.2, 0) is 0 Å². The maximum Gasteiger partial charge on any atom is 0.255 e. The van der Waals surface area contributed by atoms with Gasteiger partial charge in [-0.25, -0.2) is 4.39 Å². The van der Waals surface area contributed by atoms with Crippen molar-refractivity contribution in [2.45, 2.75) is 25.3 Å². The molecule has 104 valence electrons. The van der Waals surface area contributed by atoms with E-state index in [2.05, 4.69) is 15.9 Å². The molecule has 2 atom stereocenters. The van der Waals surface area contributed by atoms with E-state index in [1.165, 1.54) is 6.07 Å². The molecule has 0 radical (unpaired) electrons. The fourth-order valence-corrected chi connectivity index (χ4v) is 3.25. The van der Waals surface area contributed by atoms with E-state index < -0.39 is 5.82 Å². The maximum atomic E-state index is 13.5. The molecule has 2 N–H and O–H groups in total. The molecule has 1 amide bonds. The van der Waals surface area contributed by atoms with Gasteiger partial charge in [0.25, 0.3) is 5.91 Å². The lowest BCUT2D eigenvalue weighted by Gasteiger charge is -2.29. The number of hydrogen-bond donors (Lipinski definition) is 1. The maximum absolute atomic E-state index is 13.5. The summed E-state index contributed by atoms with van der Waals surface area (Å²) < 4.78 is 13.7. The first-order chi connectivity index (χ1) is 9.06. The van der Waals surface area contributed by atoms with Crippen molar-refractivity contribution in [2.24, 2.45) is 11.7 Å². The Morgan fingerprint density at radius 3 is 2.95 bits per heavy atom. The molecule has 0 aliphatic heterocycles. The van der Waals surface area contributed by atoms with Crippen molar-refractivity contribution in [3.63, 3.8) is 0 Å². The van der Waals surface area contributed by atoms with Crippen LogP contribution in [0.2, 0.25) is 0 Å². The number of carbonyl (C=O) groups is 1. The van der Waals surface area contributed by atoms with Gasteiger partial charge in [-0.05, 0) is 53.4 Å². The highest BCUT2D eigenvalue weighted by atomic mass is 79.9. The predicted octanol–water partition coefficient (Wildman–Crippen LogP) is 2.79. The monoisotopic (exact) mass is 328 g/mol. The van der Waals surface area contributed by atoms with Crippen LogP contribution in [0, 0.1) is 11.7 Å². The van der Waals surface area contributed by atoms with E-state index in [0.717, 1.165) is 19.3 Å². The van der Waals surface area contributed by atoms with Crippen LogP contribution in [0.15, 0.2) is 22.7 Å². The van der Waals surface area contributed by atoms with Gasteiger partial charge in [0.05, 0.1) is 10.0 Å². The van der Waals surface area contributed by atoms with Crippen molar-refractivity contribution in [3.05, 3.63) is 34.1 Å². The number of rotatable bonds is 3. The second-order valence-electron chi connectivity index (χ2n) is 5.01. The Hall–Kier alpha value is -0.940. The van der Waals surface area contributed by atoms with E-state index in [9.17, 15) is 9.18 Å². The lowest BCUT2D eigenvalue weighted by Crippen LogP contribution is -2.41. The molecule has 0 saturated heterocycles. The molecule has 0 bridgehead atoms. The Bertz CT molecular complexity index is 481. The van der Waals surface area contributed by atoms with Crippen LogP contribution in [-0.4, -0.2) is 30.4 Å². The van der Waals surface area contributed by atoms with Gasteiger partial charge in [-0.15, -0.1) is 0 Å². The molecule has 3 nitrogen and oxygen atoms in total. The molecule has 5 heteroatoms. The zero-order valence-corrected chi connectivity index (χ0v) is 12.5. The van der Waals surface area contributed by atoms with Crippen molar-refractivity contribution >= 4 is 21.8 Å². The summed E-state index contributed by atoms with van der Waals surface area (Å²) >= 11 is 3.14. The quantitative estimate of drug-likeness (QED) is 0.927. The van der Waals surface area contributed by atoms with Crippen LogP contribution < -0.4 is 5.73 Å². The minimum atomic E-state index is -0.416. The summed E-state index contributed by atoms with van der Waals surface area (Å²) in [6.07, 6.45) is 3.12. The standard InChI is InChI=1S/C14H18BrFN2O/c1-18(12-7-2-4-9(12)8-17)14(19)10-5-3-6-11(16)13(10)15/h3,5-6,9,12H,2,4,7-8,17H2,1H3. The summed E-state index contributed by atoms with van der Waals surface area (Å²) in [5, 5.41) is 0. The van der Waals surface area contributed by atoms with Gasteiger partial charge in [-0.2, -0.15) is 0 Å². The average Bonchev–Trinajstić information content (AvgIpc) is 2.88. The number of hydrogen-bond acceptors (Lipinski definition) is 2. The summed E-state index contributed by atoms with van der Waals surface area (Å²) in [6, 6.07) is 4.68. The first kappa shape index (κ1) is 14.5. The first-order valence-electron chi connectivity index (χ1n) is 6.47. The third-order valence-electron chi connectivity index (χ3n) is 3.92. The topological polar surface area (TPSA) is 46.3 Å². The average molecular weight is 329 g/mol. The van der Waals surface area contributed by atoms with Crippen LogP contribution in [0.4, 0.5) is 4.39 Å². The number of carbonyl (C=O) groups excluding carboxylic acids is 1. The Balaban J connectivity index is 2.21. The summed E-state index contributed by atoms with van der Waals surface area (Å²) in [5.41, 5.74) is 6.11. The van der Waals surface area contributed by atoms with Gasteiger partial charge in [0.2, 0.25) is 0 Å². The van der Waals surface area contributed by atoms with Gasteiger partial charge in [0.15, 0.2) is 0 Å². The Morgan fingerprint density at radius 2 is 2.26 bits per heavy atom. The minimum absolute atomic E-state index is 0.156. The van der Waals surface area contributed by atoms with Crippen molar-refractivity contribution in [3.8, 4) is 0 Å². The van der Waals surface area contributed by atoms with Crippen molar-refractivity contribution in [1.29, 1.82) is 0 Å². The first-order valence-corrected chi connectivity index (χ1v) is 7.26. The molecule has 0 heterocycles. The number of halogens is 2. The number of nitrogens with zero attached hydrogens (tertiary/aromatic N) is 1. The number of benzene rings is 1. The van der Waals surface area contributed by atoms with Gasteiger partial charge in [-0.3, -0.25) is 4.79 Å². The van der Waals surface area contributed by atoms with Crippen LogP contribution in [0.25, 0.3) is 0 Å². The van der Waals surface area contributed by atoms with Crippen molar-refractivity contribution in [2.75, 3.05) is 13.6 Å². The van der Waals surface area contributed by atoms with E-state index in [1.54, 1.807) is 24.1 Å². The normalized spacial score (nSPS) is 22.5. The van der Waals surface area contributed by atoms with Gasteiger partial charge in [0, 0.05) is 13.1 Å². The van der Waals surface area contributed by atoms with Gasteiger partial charge >= 0.3 is 0 Å². The molecule has 1 aliphatic rings. The molecule has 0 spiro atoms. The Morgan fingerprint density at radius 1 is 1.53 bits per heavy atom. The minimum Gasteiger partial charge on any atom is -0.338 e. The van der Waals surface area contributed by atoms with Gasteiger partial charge < -0.3 is 10.6 Å². The fraction of sp³-hybridized carbons (Fsp3) is 0.500. The Labute approximate surface area is 121 Å². The largest absolute Gasteiger partial charge is 0.338 e. The summed E-state index contributed by atoms with van der Waals surface area (Å²) in [5.74, 6) is -0.223. The van der Waals surface area contributed by atoms with Crippen LogP contribution in [0.1, 0.15) is 29.6 Å². The lowest BCUT2D eigenvalue weighted by molar-refractivity contribution is 0.0698. The molecular formula is C14H18BrFN2O. The summed E-state index contributed by atoms with van der Waals surface area (Å²) in [7, 11) is 1.78. The zero-order valence-electron chi connectivity index (χ0n) is 10.9. The van der Waals surface area contributed by atoms with E-state index >= 15 is 0 Å². The number of nitrogens with two attached hydrogens (primary N) is 1. The van der Waals surface area contributed by atoms with Crippen molar-refractivity contribution in [1.82, 2.24) is 4.90 Å². The molecule has 19 heavy (non-hydrogen) atoms. The highest BCUT2D eigenvalue weighted by Gasteiger charge is 2.32. The second-order valence-corrected chi connectivity index (χ2v) is 5.80. The molecular weight excluding hydrogens is 311 g/mol. The smallest absolute Gasteiger partial charge is 0.255 e. The van der Waals surface area contributed by atoms with E-state index in [-0.39, 0.29) is 16.4 Å². The SMILES string of the molecule is CN(C(=O)c1cccc(F)c1Br)C1CCCC1CN. The summed E-state index contributed by atoms with van der Waals surface area (Å²) in [4.78, 5) is 14.2. The van der Waals surface area contributed by atoms with Crippen LogP contribution >= 0.6 is 15.9 Å². The highest BCUT2D eigenvalue weighted by Crippen LogP contribution is 2.30. The molecule has 2 rings (SSSR count). The summed E-state index contributed by atoms with van der Waals surface area (Å²) in [6.45, 7) is 0.590. The third kappa shape index (κ3) is 2.82. The second kappa shape index (κ2) is 6.01. The van der Waals surface area contributed by atoms with E-state index in [4.69, 9.17) is 5.73 Å². The van der Waals surface area contributed by atoms with E-state index in [0.29, 0.717) is 18.0 Å². The molecule has 1 fully saturated rings. The van der Waals surface area contributed by atoms with Crippen molar-refractivity contribution < 1.29 is 9.18 Å². The van der Waals surface area contributed by atoms with Gasteiger partial charge in [0.1, 0.15) is 5.82 Å². The predicted molar refractivity (Wildman–Crippen MR) is 76.4 cm³/mol. The molecule has 1 aromatic carbocycles. The lowest BCUT2D eigenvalue weighted by atomic mass is 10.0. The molecule has 0 aromatic heterocycles. The van der Waals surface area contributed by atoms with E-state index in [1.807, 2.05) is 0 Å². The highest BCUT2D eigenvalue weighted by molar-refractivity contribution is 9.10. The van der Waals surface area contributed by atoms with Crippen LogP contribution in [0.5, 0.6) is 0 Å². The molecule has 2 unspecified atom stereocenters. The van der Waals surface area contributed by atoms with Gasteiger partial charge in [-0.1, -0.05) is 12.5 Å². The van der Waals surface area contributed by atoms with Crippen LogP contribution in [0.3, 0.4) is 0 Å². The molecule has 1 aliphatic carbocycles. The number of amides is 1. The molecule has 1 saturated carbocycles. The third-order valence-corrected chi connectivity index (χ3v) is 4.73. The molecule has 1 aromatic rings. The zero-order chi connectivity index (χ0) is 14.0. The Kier molecular flexibility index (Phi) is 4.58. The fourth-order valence-electron chi connectivity index (χ4n) is 2.81.